The lowest BCUT2D eigenvalue weighted by atomic mass is 9.83. The predicted octanol–water partition coefficient (Wildman–Crippen LogP) is 1.36. The Morgan fingerprint density at radius 3 is 2.86 bits per heavy atom. The molecule has 1 aromatic heterocycles. The third-order valence-corrected chi connectivity index (χ3v) is 4.87. The van der Waals surface area contributed by atoms with Crippen LogP contribution in [0.5, 0.6) is 0 Å². The SMILES string of the molecule is COC(=O)[C@@H]1C[C@H]2CC[C@@H](O)C[C@H]2N1Cc1ccncc1. The number of pyridine rings is 1. The maximum absolute atomic E-state index is 12.1. The first-order chi connectivity index (χ1) is 10.2. The molecule has 0 amide bonds. The number of nitrogens with zero attached hydrogens (tertiary/aromatic N) is 2. The van der Waals surface area contributed by atoms with E-state index >= 15 is 0 Å². The molecule has 3 rings (SSSR count). The van der Waals surface area contributed by atoms with Crippen LogP contribution >= 0.6 is 0 Å². The van der Waals surface area contributed by atoms with Crippen LogP contribution in [0.2, 0.25) is 0 Å². The minimum absolute atomic E-state index is 0.159. The molecule has 2 aliphatic rings. The average molecular weight is 290 g/mol. The Labute approximate surface area is 124 Å². The zero-order valence-corrected chi connectivity index (χ0v) is 12.3. The second-order valence-electron chi connectivity index (χ2n) is 6.10. The van der Waals surface area contributed by atoms with E-state index in [1.54, 1.807) is 12.4 Å². The van der Waals surface area contributed by atoms with Crippen molar-refractivity contribution in [3.63, 3.8) is 0 Å². The molecule has 0 radical (unpaired) electrons. The van der Waals surface area contributed by atoms with Gasteiger partial charge in [0.05, 0.1) is 13.2 Å². The van der Waals surface area contributed by atoms with Crippen LogP contribution in [-0.4, -0.2) is 46.3 Å². The van der Waals surface area contributed by atoms with Crippen LogP contribution in [0.1, 0.15) is 31.2 Å². The minimum atomic E-state index is -0.248. The van der Waals surface area contributed by atoms with Gasteiger partial charge >= 0.3 is 5.97 Å². The van der Waals surface area contributed by atoms with Crippen LogP contribution in [0.3, 0.4) is 0 Å². The molecule has 114 valence electrons. The fraction of sp³-hybridized carbons (Fsp3) is 0.625. The van der Waals surface area contributed by atoms with Gasteiger partial charge in [-0.2, -0.15) is 0 Å². The average Bonchev–Trinajstić information content (AvgIpc) is 2.86. The molecule has 1 saturated heterocycles. The summed E-state index contributed by atoms with van der Waals surface area (Å²) in [5, 5.41) is 9.97. The lowest BCUT2D eigenvalue weighted by Gasteiger charge is -2.35. The molecule has 5 nitrogen and oxygen atoms in total. The first-order valence-electron chi connectivity index (χ1n) is 7.59. The van der Waals surface area contributed by atoms with Crippen LogP contribution < -0.4 is 0 Å². The molecular weight excluding hydrogens is 268 g/mol. The highest BCUT2D eigenvalue weighted by atomic mass is 16.5. The van der Waals surface area contributed by atoms with Crippen molar-refractivity contribution in [2.75, 3.05) is 7.11 Å². The van der Waals surface area contributed by atoms with E-state index in [1.807, 2.05) is 12.1 Å². The molecule has 1 N–H and O–H groups in total. The lowest BCUT2D eigenvalue weighted by Crippen LogP contribution is -2.44. The molecule has 1 aliphatic carbocycles. The number of carbonyl (C=O) groups excluding carboxylic acids is 1. The number of aliphatic hydroxyl groups excluding tert-OH is 1. The molecule has 1 aromatic rings. The fourth-order valence-corrected chi connectivity index (χ4v) is 3.82. The monoisotopic (exact) mass is 290 g/mol. The van der Waals surface area contributed by atoms with Gasteiger partial charge in [-0.3, -0.25) is 14.7 Å². The Bertz CT molecular complexity index is 494. The summed E-state index contributed by atoms with van der Waals surface area (Å²) in [6, 6.07) is 4.02. The van der Waals surface area contributed by atoms with Gasteiger partial charge in [-0.25, -0.2) is 0 Å². The summed E-state index contributed by atoms with van der Waals surface area (Å²) in [6.07, 6.45) is 6.72. The summed E-state index contributed by atoms with van der Waals surface area (Å²) in [7, 11) is 1.45. The van der Waals surface area contributed by atoms with Crippen molar-refractivity contribution in [1.29, 1.82) is 0 Å². The van der Waals surface area contributed by atoms with Crippen molar-refractivity contribution in [1.82, 2.24) is 9.88 Å². The Balaban J connectivity index is 1.82. The molecule has 2 fully saturated rings. The maximum Gasteiger partial charge on any atom is 0.323 e. The van der Waals surface area contributed by atoms with Gasteiger partial charge in [0.25, 0.3) is 0 Å². The Morgan fingerprint density at radius 1 is 1.38 bits per heavy atom. The molecule has 0 spiro atoms. The van der Waals surface area contributed by atoms with Crippen LogP contribution in [0.4, 0.5) is 0 Å². The largest absolute Gasteiger partial charge is 0.468 e. The number of hydrogen-bond donors (Lipinski definition) is 1. The highest BCUT2D eigenvalue weighted by molar-refractivity contribution is 5.76. The summed E-state index contributed by atoms with van der Waals surface area (Å²) in [4.78, 5) is 18.4. The molecule has 21 heavy (non-hydrogen) atoms. The number of aromatic nitrogens is 1. The summed E-state index contributed by atoms with van der Waals surface area (Å²) in [6.45, 7) is 0.705. The van der Waals surface area contributed by atoms with Gasteiger partial charge < -0.3 is 9.84 Å². The third kappa shape index (κ3) is 2.94. The summed E-state index contributed by atoms with van der Waals surface area (Å²) in [5.74, 6) is 0.326. The van der Waals surface area contributed by atoms with Crippen LogP contribution in [0.15, 0.2) is 24.5 Å². The van der Waals surface area contributed by atoms with Crippen molar-refractivity contribution in [3.8, 4) is 0 Å². The van der Waals surface area contributed by atoms with Gasteiger partial charge in [0, 0.05) is 25.0 Å². The van der Waals surface area contributed by atoms with Crippen molar-refractivity contribution < 1.29 is 14.6 Å². The molecule has 0 unspecified atom stereocenters. The van der Waals surface area contributed by atoms with Gasteiger partial charge in [0.15, 0.2) is 0 Å². The van der Waals surface area contributed by atoms with E-state index in [9.17, 15) is 9.90 Å². The number of esters is 1. The number of fused-ring (bicyclic) bond motifs is 1. The molecule has 0 bridgehead atoms. The van der Waals surface area contributed by atoms with Crippen molar-refractivity contribution >= 4 is 5.97 Å². The van der Waals surface area contributed by atoms with Crippen molar-refractivity contribution in [2.24, 2.45) is 5.92 Å². The van der Waals surface area contributed by atoms with E-state index in [1.165, 1.54) is 7.11 Å². The van der Waals surface area contributed by atoms with Crippen LogP contribution in [-0.2, 0) is 16.1 Å². The van der Waals surface area contributed by atoms with Crippen molar-refractivity contribution in [3.05, 3.63) is 30.1 Å². The topological polar surface area (TPSA) is 62.7 Å². The Hall–Kier alpha value is -1.46. The number of carbonyl (C=O) groups is 1. The molecule has 2 heterocycles. The second-order valence-corrected chi connectivity index (χ2v) is 6.10. The molecule has 5 heteroatoms. The van der Waals surface area contributed by atoms with Gasteiger partial charge in [0.1, 0.15) is 6.04 Å². The number of rotatable bonds is 3. The van der Waals surface area contributed by atoms with Gasteiger partial charge in [-0.05, 0) is 49.3 Å². The third-order valence-electron chi connectivity index (χ3n) is 4.87. The van der Waals surface area contributed by atoms with Gasteiger partial charge in [-0.15, -0.1) is 0 Å². The van der Waals surface area contributed by atoms with E-state index in [0.29, 0.717) is 12.5 Å². The maximum atomic E-state index is 12.1. The second kappa shape index (κ2) is 6.12. The van der Waals surface area contributed by atoms with Crippen LogP contribution in [0.25, 0.3) is 0 Å². The summed E-state index contributed by atoms with van der Waals surface area (Å²) in [5.41, 5.74) is 1.14. The van der Waals surface area contributed by atoms with E-state index in [2.05, 4.69) is 9.88 Å². The van der Waals surface area contributed by atoms with Gasteiger partial charge in [0.2, 0.25) is 0 Å². The molecule has 1 aliphatic heterocycles. The predicted molar refractivity (Wildman–Crippen MR) is 77.3 cm³/mol. The number of ether oxygens (including phenoxy) is 1. The normalized spacial score (nSPS) is 32.7. The Morgan fingerprint density at radius 2 is 2.14 bits per heavy atom. The quantitative estimate of drug-likeness (QED) is 0.852. The summed E-state index contributed by atoms with van der Waals surface area (Å²) < 4.78 is 4.98. The smallest absolute Gasteiger partial charge is 0.323 e. The van der Waals surface area contributed by atoms with E-state index in [-0.39, 0.29) is 24.2 Å². The van der Waals surface area contributed by atoms with Crippen molar-refractivity contribution in [2.45, 2.75) is 50.4 Å². The van der Waals surface area contributed by atoms with E-state index in [0.717, 1.165) is 31.2 Å². The highest BCUT2D eigenvalue weighted by Crippen LogP contribution is 2.40. The first-order valence-corrected chi connectivity index (χ1v) is 7.59. The number of likely N-dealkylation sites (tertiary alicyclic amines) is 1. The molecule has 1 saturated carbocycles. The van der Waals surface area contributed by atoms with E-state index in [4.69, 9.17) is 4.74 Å². The number of methoxy groups -OCH3 is 1. The van der Waals surface area contributed by atoms with Crippen LogP contribution in [0, 0.1) is 5.92 Å². The van der Waals surface area contributed by atoms with E-state index < -0.39 is 0 Å². The fourth-order valence-electron chi connectivity index (χ4n) is 3.82. The lowest BCUT2D eigenvalue weighted by molar-refractivity contribution is -0.146. The Kier molecular flexibility index (Phi) is 4.22. The number of hydrogen-bond acceptors (Lipinski definition) is 5. The molecule has 0 aromatic carbocycles. The first kappa shape index (κ1) is 14.5. The molecule has 4 atom stereocenters. The zero-order valence-electron chi connectivity index (χ0n) is 12.3. The number of aliphatic hydroxyl groups is 1. The standard InChI is InChI=1S/C16H22N2O3/c1-21-16(20)15-8-12-2-3-13(19)9-14(12)18(15)10-11-4-6-17-7-5-11/h4-7,12-15,19H,2-3,8-10H2,1H3/t12-,13-,14-,15+/m1/s1. The molecular formula is C16H22N2O3. The summed E-state index contributed by atoms with van der Waals surface area (Å²) >= 11 is 0. The minimum Gasteiger partial charge on any atom is -0.468 e. The highest BCUT2D eigenvalue weighted by Gasteiger charge is 2.47. The van der Waals surface area contributed by atoms with Gasteiger partial charge in [-0.1, -0.05) is 0 Å². The zero-order chi connectivity index (χ0) is 14.8.